The topological polar surface area (TPSA) is 78.2 Å². The van der Waals surface area contributed by atoms with E-state index in [1.165, 1.54) is 10.7 Å². The van der Waals surface area contributed by atoms with Crippen LogP contribution in [0.15, 0.2) is 35.1 Å². The van der Waals surface area contributed by atoms with Gasteiger partial charge in [-0.3, -0.25) is 9.36 Å². The van der Waals surface area contributed by atoms with E-state index in [-0.39, 0.29) is 18.2 Å². The van der Waals surface area contributed by atoms with Crippen molar-refractivity contribution >= 4 is 58.0 Å². The van der Waals surface area contributed by atoms with Crippen molar-refractivity contribution in [3.8, 4) is 23.8 Å². The van der Waals surface area contributed by atoms with E-state index in [4.69, 9.17) is 57.6 Å². The van der Waals surface area contributed by atoms with E-state index in [0.29, 0.717) is 50.2 Å². The van der Waals surface area contributed by atoms with E-state index in [9.17, 15) is 9.59 Å². The second-order valence-corrected chi connectivity index (χ2v) is 9.11. The van der Waals surface area contributed by atoms with Gasteiger partial charge in [0.2, 0.25) is 5.91 Å². The largest absolute Gasteiger partial charge is 0.479 e. The third-order valence-corrected chi connectivity index (χ3v) is 6.37. The molecule has 0 saturated heterocycles. The molecule has 184 valence electrons. The van der Waals surface area contributed by atoms with Crippen LogP contribution in [0.25, 0.3) is 5.69 Å². The normalized spacial score (nSPS) is 12.1. The summed E-state index contributed by atoms with van der Waals surface area (Å²) in [5.41, 5.74) is 0.896. The summed E-state index contributed by atoms with van der Waals surface area (Å²) < 4.78 is 8.34. The van der Waals surface area contributed by atoms with Gasteiger partial charge in [-0.05, 0) is 37.1 Å². The van der Waals surface area contributed by atoms with Gasteiger partial charge >= 0.3 is 5.69 Å². The maximum atomic E-state index is 12.5. The summed E-state index contributed by atoms with van der Waals surface area (Å²) >= 11 is 23.8. The van der Waals surface area contributed by atoms with Crippen molar-refractivity contribution in [2.75, 3.05) is 11.9 Å². The monoisotopic (exact) mass is 554 g/mol. The Morgan fingerprint density at radius 3 is 2.54 bits per heavy atom. The van der Waals surface area contributed by atoms with Gasteiger partial charge in [0.05, 0.1) is 25.8 Å². The highest BCUT2D eigenvalue weighted by Gasteiger charge is 2.20. The van der Waals surface area contributed by atoms with Crippen LogP contribution >= 0.6 is 46.4 Å². The van der Waals surface area contributed by atoms with Gasteiger partial charge in [0, 0.05) is 31.1 Å². The number of fused-ring (bicyclic) bond motifs is 1. The van der Waals surface area contributed by atoms with Gasteiger partial charge in [-0.25, -0.2) is 4.79 Å². The Morgan fingerprint density at radius 2 is 1.89 bits per heavy atom. The van der Waals surface area contributed by atoms with Gasteiger partial charge in [0.25, 0.3) is 0 Å². The number of hydrogen-bond donors (Lipinski definition) is 1. The predicted molar refractivity (Wildman–Crippen MR) is 140 cm³/mol. The third kappa shape index (κ3) is 6.74. The van der Waals surface area contributed by atoms with Crippen LogP contribution in [0.1, 0.15) is 32.0 Å². The van der Waals surface area contributed by atoms with Crippen LogP contribution in [-0.4, -0.2) is 26.9 Å². The summed E-state index contributed by atoms with van der Waals surface area (Å²) in [6.07, 6.45) is 8.42. The van der Waals surface area contributed by atoms with Gasteiger partial charge in [0.1, 0.15) is 18.2 Å². The average molecular weight is 556 g/mol. The minimum atomic E-state index is -0.207. The van der Waals surface area contributed by atoms with Crippen molar-refractivity contribution < 1.29 is 9.53 Å². The standard InChI is InChI=1S/C15H13Cl2N3O2.C9H9Cl2NO/c1-2-7-22-13-9-12(10(16)8-11(13)17)20-15(21)19-6-4-3-5-14(19)18-20;1-2-9(13)12-6-3-4-7(10)8(11)5-6/h1,8-9H,3-7H2;3-5H,2H2,1H3,(H,12,13). The van der Waals surface area contributed by atoms with Crippen molar-refractivity contribution in [2.45, 2.75) is 39.2 Å². The van der Waals surface area contributed by atoms with Crippen LogP contribution in [0.5, 0.6) is 5.75 Å². The molecular formula is C24H22Cl4N4O3. The van der Waals surface area contributed by atoms with Gasteiger partial charge in [-0.2, -0.15) is 4.68 Å². The molecule has 0 fully saturated rings. The lowest BCUT2D eigenvalue weighted by molar-refractivity contribution is -0.115. The molecule has 3 aromatic rings. The maximum absolute atomic E-state index is 12.5. The van der Waals surface area contributed by atoms with E-state index in [0.717, 1.165) is 25.1 Å². The van der Waals surface area contributed by atoms with Crippen molar-refractivity contribution in [2.24, 2.45) is 0 Å². The Morgan fingerprint density at radius 1 is 1.11 bits per heavy atom. The Balaban J connectivity index is 0.000000225. The van der Waals surface area contributed by atoms with Crippen LogP contribution in [0, 0.1) is 12.3 Å². The number of amides is 1. The number of nitrogens with one attached hydrogen (secondary N) is 1. The van der Waals surface area contributed by atoms with Crippen LogP contribution in [0.4, 0.5) is 5.69 Å². The zero-order valence-corrected chi connectivity index (χ0v) is 21.8. The molecule has 0 saturated carbocycles. The van der Waals surface area contributed by atoms with Crippen LogP contribution in [0.2, 0.25) is 20.1 Å². The van der Waals surface area contributed by atoms with Crippen molar-refractivity contribution in [1.29, 1.82) is 0 Å². The first kappa shape index (κ1) is 27.0. The molecule has 0 bridgehead atoms. The van der Waals surface area contributed by atoms with E-state index in [1.54, 1.807) is 35.8 Å². The van der Waals surface area contributed by atoms with E-state index in [1.807, 2.05) is 0 Å². The lowest BCUT2D eigenvalue weighted by atomic mass is 10.2. The Labute approximate surface area is 222 Å². The van der Waals surface area contributed by atoms with Crippen LogP contribution in [0.3, 0.4) is 0 Å². The number of carbonyl (C=O) groups excluding carboxylic acids is 1. The van der Waals surface area contributed by atoms with Crippen molar-refractivity contribution in [1.82, 2.24) is 14.3 Å². The van der Waals surface area contributed by atoms with E-state index < -0.39 is 0 Å². The molecule has 1 N–H and O–H groups in total. The molecule has 35 heavy (non-hydrogen) atoms. The molecule has 0 atom stereocenters. The second kappa shape index (κ2) is 12.4. The fourth-order valence-corrected chi connectivity index (χ4v) is 4.11. The highest BCUT2D eigenvalue weighted by molar-refractivity contribution is 6.42. The molecule has 1 amide bonds. The Bertz CT molecular complexity index is 1330. The number of terminal acetylenes is 1. The number of benzene rings is 2. The summed E-state index contributed by atoms with van der Waals surface area (Å²) in [6.45, 7) is 2.54. The smallest absolute Gasteiger partial charge is 0.350 e. The first-order chi connectivity index (χ1) is 16.7. The molecule has 0 aliphatic carbocycles. The van der Waals surface area contributed by atoms with E-state index in [2.05, 4.69) is 16.3 Å². The summed E-state index contributed by atoms with van der Waals surface area (Å²) in [5.74, 6) is 3.47. The number of aromatic nitrogens is 3. The zero-order chi connectivity index (χ0) is 25.5. The molecule has 2 aromatic carbocycles. The molecule has 1 aromatic heterocycles. The van der Waals surface area contributed by atoms with Crippen LogP contribution < -0.4 is 15.7 Å². The second-order valence-electron chi connectivity index (χ2n) is 7.48. The molecule has 2 heterocycles. The molecule has 0 radical (unpaired) electrons. The maximum Gasteiger partial charge on any atom is 0.350 e. The van der Waals surface area contributed by atoms with Gasteiger partial charge in [-0.15, -0.1) is 11.5 Å². The Kier molecular flexibility index (Phi) is 9.53. The van der Waals surface area contributed by atoms with Crippen molar-refractivity contribution in [3.63, 3.8) is 0 Å². The number of aryl methyl sites for hydroxylation is 1. The molecule has 4 rings (SSSR count). The first-order valence-electron chi connectivity index (χ1n) is 10.7. The number of ether oxygens (including phenoxy) is 1. The number of carbonyl (C=O) groups is 1. The lowest BCUT2D eigenvalue weighted by Crippen LogP contribution is -2.26. The molecule has 1 aliphatic heterocycles. The predicted octanol–water partition coefficient (Wildman–Crippen LogP) is 6.03. The highest BCUT2D eigenvalue weighted by atomic mass is 35.5. The average Bonchev–Trinajstić information content (AvgIpc) is 3.17. The third-order valence-electron chi connectivity index (χ3n) is 5.04. The summed E-state index contributed by atoms with van der Waals surface area (Å²) in [7, 11) is 0. The fourth-order valence-electron chi connectivity index (χ4n) is 3.29. The molecule has 7 nitrogen and oxygen atoms in total. The number of nitrogens with zero attached hydrogens (tertiary/aromatic N) is 3. The number of anilines is 1. The summed E-state index contributed by atoms with van der Waals surface area (Å²) in [5, 5.41) is 8.64. The first-order valence-corrected chi connectivity index (χ1v) is 12.3. The molecular weight excluding hydrogens is 534 g/mol. The molecule has 11 heteroatoms. The number of rotatable bonds is 5. The fraction of sp³-hybridized carbons (Fsp3) is 0.292. The van der Waals surface area contributed by atoms with Gasteiger partial charge < -0.3 is 10.1 Å². The lowest BCUT2D eigenvalue weighted by Gasteiger charge is -2.09. The molecule has 0 unspecified atom stereocenters. The van der Waals surface area contributed by atoms with Gasteiger partial charge in [-0.1, -0.05) is 59.2 Å². The number of hydrogen-bond acceptors (Lipinski definition) is 4. The van der Waals surface area contributed by atoms with Gasteiger partial charge in [0.15, 0.2) is 0 Å². The highest BCUT2D eigenvalue weighted by Crippen LogP contribution is 2.32. The number of halogens is 4. The summed E-state index contributed by atoms with van der Waals surface area (Å²) in [6, 6.07) is 8.09. The minimum Gasteiger partial charge on any atom is -0.479 e. The SMILES string of the molecule is C#CCOc1cc(-n2nc3n(c2=O)CCCC3)c(Cl)cc1Cl.CCC(=O)Nc1ccc(Cl)c(Cl)c1. The summed E-state index contributed by atoms with van der Waals surface area (Å²) in [4.78, 5) is 23.5. The zero-order valence-electron chi connectivity index (χ0n) is 18.8. The van der Waals surface area contributed by atoms with Crippen molar-refractivity contribution in [3.05, 3.63) is 66.7 Å². The quantitative estimate of drug-likeness (QED) is 0.390. The molecule has 1 aliphatic rings. The minimum absolute atomic E-state index is 0.0432. The molecule has 0 spiro atoms. The van der Waals surface area contributed by atoms with E-state index >= 15 is 0 Å². The van der Waals surface area contributed by atoms with Crippen LogP contribution in [-0.2, 0) is 17.8 Å². The Hall–Kier alpha value is -2.63.